The van der Waals surface area contributed by atoms with Gasteiger partial charge in [0.1, 0.15) is 0 Å². The Kier molecular flexibility index (Phi) is 6.86. The maximum Gasteiger partial charge on any atom is 0.274 e. The number of carbonyl (C=O) groups is 1. The average molecular weight is 454 g/mol. The van der Waals surface area contributed by atoms with Crippen molar-refractivity contribution in [1.29, 1.82) is 0 Å². The smallest absolute Gasteiger partial charge is 0.274 e. The maximum absolute atomic E-state index is 13.4. The lowest BCUT2D eigenvalue weighted by Crippen LogP contribution is -2.41. The summed E-state index contributed by atoms with van der Waals surface area (Å²) in [5, 5.41) is 0.604. The summed E-state index contributed by atoms with van der Waals surface area (Å²) < 4.78 is 24.1. The summed E-state index contributed by atoms with van der Waals surface area (Å²) in [6.45, 7) is 4.54. The molecule has 0 N–H and O–H groups in total. The number of rotatable bonds is 6. The van der Waals surface area contributed by atoms with E-state index in [2.05, 4.69) is 23.8 Å². The van der Waals surface area contributed by atoms with Crippen LogP contribution in [-0.4, -0.2) is 53.0 Å². The van der Waals surface area contributed by atoms with Crippen LogP contribution in [0.2, 0.25) is 5.02 Å². The van der Waals surface area contributed by atoms with E-state index >= 15 is 0 Å². The van der Waals surface area contributed by atoms with Gasteiger partial charge in [-0.3, -0.25) is 4.79 Å². The Hall–Kier alpha value is -1.64. The van der Waals surface area contributed by atoms with Gasteiger partial charge in [0.2, 0.25) is 0 Å². The van der Waals surface area contributed by atoms with Gasteiger partial charge in [0.05, 0.1) is 22.7 Å². The summed E-state index contributed by atoms with van der Waals surface area (Å²) in [5.74, 6) is 0.0802. The van der Waals surface area contributed by atoms with Gasteiger partial charge in [-0.2, -0.15) is 0 Å². The van der Waals surface area contributed by atoms with Gasteiger partial charge in [0.25, 0.3) is 5.91 Å². The van der Waals surface area contributed by atoms with Crippen LogP contribution in [0.15, 0.2) is 35.6 Å². The van der Waals surface area contributed by atoms with Crippen molar-refractivity contribution in [2.75, 3.05) is 17.8 Å². The van der Waals surface area contributed by atoms with Crippen molar-refractivity contribution in [3.05, 3.63) is 52.3 Å². The van der Waals surface area contributed by atoms with Crippen LogP contribution in [-0.2, 0) is 16.4 Å². The van der Waals surface area contributed by atoms with Crippen molar-refractivity contribution in [1.82, 2.24) is 14.9 Å². The molecule has 29 heavy (non-hydrogen) atoms. The molecule has 1 atom stereocenters. The number of carbonyl (C=O) groups excluding carboxylic acids is 1. The third-order valence-corrected chi connectivity index (χ3v) is 7.61. The minimum atomic E-state index is -3.15. The van der Waals surface area contributed by atoms with E-state index in [1.807, 2.05) is 30.5 Å². The summed E-state index contributed by atoms with van der Waals surface area (Å²) in [6, 6.07) is 7.64. The van der Waals surface area contributed by atoms with E-state index in [-0.39, 0.29) is 28.1 Å². The van der Waals surface area contributed by atoms with Crippen molar-refractivity contribution in [2.24, 2.45) is 0 Å². The summed E-state index contributed by atoms with van der Waals surface area (Å²) in [6.07, 6.45) is 3.64. The molecule has 6 nitrogen and oxygen atoms in total. The molecule has 1 fully saturated rings. The van der Waals surface area contributed by atoms with Crippen LogP contribution in [0, 0.1) is 0 Å². The zero-order valence-electron chi connectivity index (χ0n) is 16.6. The second kappa shape index (κ2) is 9.02. The molecule has 1 aromatic carbocycles. The van der Waals surface area contributed by atoms with E-state index in [9.17, 15) is 13.2 Å². The first-order valence-corrected chi connectivity index (χ1v) is 12.8. The summed E-state index contributed by atoms with van der Waals surface area (Å²) in [5.41, 5.74) is 2.25. The predicted molar refractivity (Wildman–Crippen MR) is 116 cm³/mol. The van der Waals surface area contributed by atoms with Gasteiger partial charge in [0.15, 0.2) is 20.7 Å². The fourth-order valence-corrected chi connectivity index (χ4v) is 5.57. The SMILES string of the molecule is CSc1ncc(Cl)c(C(=O)N(Cc2ccc(C(C)C)cc2)C2CCS(=O)(=O)C2)n1. The van der Waals surface area contributed by atoms with Crippen LogP contribution in [0.3, 0.4) is 0 Å². The molecule has 0 aliphatic carbocycles. The first-order chi connectivity index (χ1) is 13.7. The van der Waals surface area contributed by atoms with Crippen LogP contribution < -0.4 is 0 Å². The highest BCUT2D eigenvalue weighted by atomic mass is 35.5. The molecule has 1 aromatic heterocycles. The molecule has 2 aromatic rings. The zero-order valence-corrected chi connectivity index (χ0v) is 19.0. The number of hydrogen-bond donors (Lipinski definition) is 0. The normalized spacial score (nSPS) is 18.2. The Labute approximate surface area is 181 Å². The van der Waals surface area contributed by atoms with Crippen molar-refractivity contribution in [3.63, 3.8) is 0 Å². The molecule has 0 bridgehead atoms. The highest BCUT2D eigenvalue weighted by Gasteiger charge is 2.36. The van der Waals surface area contributed by atoms with Gasteiger partial charge >= 0.3 is 0 Å². The maximum atomic E-state index is 13.4. The minimum absolute atomic E-state index is 0.0408. The van der Waals surface area contributed by atoms with Crippen molar-refractivity contribution in [3.8, 4) is 0 Å². The molecule has 0 saturated carbocycles. The monoisotopic (exact) mass is 453 g/mol. The van der Waals surface area contributed by atoms with E-state index in [0.29, 0.717) is 24.0 Å². The molecule has 1 aliphatic rings. The number of sulfone groups is 1. The molecule has 3 rings (SSSR count). The Balaban J connectivity index is 1.94. The Bertz CT molecular complexity index is 995. The lowest BCUT2D eigenvalue weighted by molar-refractivity contribution is 0.0674. The second-order valence-electron chi connectivity index (χ2n) is 7.44. The van der Waals surface area contributed by atoms with E-state index in [0.717, 1.165) is 5.56 Å². The number of aromatic nitrogens is 2. The number of hydrogen-bond acceptors (Lipinski definition) is 6. The fourth-order valence-electron chi connectivity index (χ4n) is 3.33. The number of nitrogens with zero attached hydrogens (tertiary/aromatic N) is 3. The number of halogens is 1. The number of thioether (sulfide) groups is 1. The molecule has 156 valence electrons. The molecule has 1 saturated heterocycles. The second-order valence-corrected chi connectivity index (χ2v) is 10.8. The van der Waals surface area contributed by atoms with Crippen LogP contribution in [0.25, 0.3) is 0 Å². The third-order valence-electron chi connectivity index (χ3n) is 5.02. The molecule has 1 unspecified atom stereocenters. The fraction of sp³-hybridized carbons (Fsp3) is 0.450. The van der Waals surface area contributed by atoms with Crippen LogP contribution >= 0.6 is 23.4 Å². The standard InChI is InChI=1S/C20H24ClN3O3S2/c1-13(2)15-6-4-14(5-7-15)11-24(16-8-9-29(26,27)12-16)19(25)18-17(21)10-22-20(23-18)28-3/h4-7,10,13,16H,8-9,11-12H2,1-3H3. The van der Waals surface area contributed by atoms with Gasteiger partial charge in [-0.05, 0) is 29.7 Å². The molecule has 0 spiro atoms. The third kappa shape index (κ3) is 5.29. The zero-order chi connectivity index (χ0) is 21.2. The molecular weight excluding hydrogens is 430 g/mol. The van der Waals surface area contributed by atoms with E-state index in [1.54, 1.807) is 4.90 Å². The molecule has 1 aliphatic heterocycles. The summed E-state index contributed by atoms with van der Waals surface area (Å²) in [7, 11) is -3.15. The lowest BCUT2D eigenvalue weighted by Gasteiger charge is -2.28. The first-order valence-electron chi connectivity index (χ1n) is 9.37. The Morgan fingerprint density at radius 2 is 2.00 bits per heavy atom. The molecular formula is C20H24ClN3O3S2. The summed E-state index contributed by atoms with van der Waals surface area (Å²) >= 11 is 7.53. The Morgan fingerprint density at radius 3 is 2.55 bits per heavy atom. The van der Waals surface area contributed by atoms with Crippen molar-refractivity contribution in [2.45, 2.75) is 43.9 Å². The van der Waals surface area contributed by atoms with Crippen molar-refractivity contribution >= 4 is 39.1 Å². The number of amides is 1. The average Bonchev–Trinajstić information content (AvgIpc) is 3.05. The lowest BCUT2D eigenvalue weighted by atomic mass is 10.0. The van der Waals surface area contributed by atoms with E-state index < -0.39 is 15.9 Å². The largest absolute Gasteiger partial charge is 0.329 e. The van der Waals surface area contributed by atoms with Gasteiger partial charge in [-0.1, -0.05) is 61.5 Å². The predicted octanol–water partition coefficient (Wildman–Crippen LogP) is 3.80. The van der Waals surface area contributed by atoms with Gasteiger partial charge in [0, 0.05) is 12.6 Å². The topological polar surface area (TPSA) is 80.2 Å². The van der Waals surface area contributed by atoms with Gasteiger partial charge in [-0.25, -0.2) is 18.4 Å². The van der Waals surface area contributed by atoms with E-state index in [1.165, 1.54) is 23.5 Å². The molecule has 2 heterocycles. The van der Waals surface area contributed by atoms with Crippen LogP contribution in [0.4, 0.5) is 0 Å². The molecule has 0 radical (unpaired) electrons. The highest BCUT2D eigenvalue weighted by molar-refractivity contribution is 7.98. The van der Waals surface area contributed by atoms with Crippen LogP contribution in [0.1, 0.15) is 47.8 Å². The molecule has 9 heteroatoms. The quantitative estimate of drug-likeness (QED) is 0.488. The first kappa shape index (κ1) is 22.1. The van der Waals surface area contributed by atoms with Gasteiger partial charge in [-0.15, -0.1) is 0 Å². The van der Waals surface area contributed by atoms with Gasteiger partial charge < -0.3 is 4.90 Å². The Morgan fingerprint density at radius 1 is 1.31 bits per heavy atom. The molecule has 1 amide bonds. The highest BCUT2D eigenvalue weighted by Crippen LogP contribution is 2.25. The van der Waals surface area contributed by atoms with E-state index in [4.69, 9.17) is 11.6 Å². The summed E-state index contributed by atoms with van der Waals surface area (Å²) in [4.78, 5) is 23.3. The van der Waals surface area contributed by atoms with Crippen molar-refractivity contribution < 1.29 is 13.2 Å². The van der Waals surface area contributed by atoms with Crippen LogP contribution in [0.5, 0.6) is 0 Å². The number of benzene rings is 1. The minimum Gasteiger partial charge on any atom is -0.329 e.